The molecule has 1 heterocycles. The summed E-state index contributed by atoms with van der Waals surface area (Å²) >= 11 is 0. The molecule has 30 heavy (non-hydrogen) atoms. The number of nitrogens with zero attached hydrogens (tertiary/aromatic N) is 2. The van der Waals surface area contributed by atoms with Gasteiger partial charge in [-0.2, -0.15) is 0 Å². The van der Waals surface area contributed by atoms with E-state index in [4.69, 9.17) is 14.7 Å². The van der Waals surface area contributed by atoms with Crippen molar-refractivity contribution >= 4 is 0 Å². The fourth-order valence-corrected chi connectivity index (χ4v) is 4.48. The van der Waals surface area contributed by atoms with Gasteiger partial charge in [0.15, 0.2) is 0 Å². The number of unbranched alkanes of at least 4 members (excludes halogenated alkanes) is 4. The summed E-state index contributed by atoms with van der Waals surface area (Å²) in [6.45, 7) is 5.31. The van der Waals surface area contributed by atoms with E-state index in [0.717, 1.165) is 31.0 Å². The van der Waals surface area contributed by atoms with Gasteiger partial charge in [-0.05, 0) is 74.1 Å². The predicted octanol–water partition coefficient (Wildman–Crippen LogP) is 7.29. The molecule has 1 saturated carbocycles. The number of aryl methyl sites for hydroxylation is 2. The topological polar surface area (TPSA) is 35.0 Å². The zero-order chi connectivity index (χ0) is 21.0. The first-order chi connectivity index (χ1) is 14.8. The zero-order valence-electron chi connectivity index (χ0n) is 19.1. The number of hydrogen-bond acceptors (Lipinski definition) is 3. The van der Waals surface area contributed by atoms with Crippen LogP contribution in [0.5, 0.6) is 5.75 Å². The monoisotopic (exact) mass is 408 g/mol. The van der Waals surface area contributed by atoms with E-state index in [1.807, 2.05) is 0 Å². The molecule has 0 N–H and O–H groups in total. The van der Waals surface area contributed by atoms with E-state index in [1.54, 1.807) is 0 Å². The maximum Gasteiger partial charge on any atom is 0.131 e. The average Bonchev–Trinajstić information content (AvgIpc) is 2.79. The first-order valence-electron chi connectivity index (χ1n) is 12.3. The minimum absolute atomic E-state index is 0.521. The second-order valence-corrected chi connectivity index (χ2v) is 9.04. The van der Waals surface area contributed by atoms with Gasteiger partial charge in [0.2, 0.25) is 0 Å². The Kier molecular flexibility index (Phi) is 9.66. The molecule has 3 nitrogen and oxygen atoms in total. The molecule has 3 rings (SSSR count). The summed E-state index contributed by atoms with van der Waals surface area (Å²) in [4.78, 5) is 9.43. The first-order valence-corrected chi connectivity index (χ1v) is 12.3. The summed E-state index contributed by atoms with van der Waals surface area (Å²) in [7, 11) is 0. The van der Waals surface area contributed by atoms with Gasteiger partial charge in [-0.15, -0.1) is 0 Å². The molecule has 0 bridgehead atoms. The Bertz CT molecular complexity index is 703. The summed E-state index contributed by atoms with van der Waals surface area (Å²) in [6, 6.07) is 8.63. The van der Waals surface area contributed by atoms with Crippen LogP contribution in [-0.4, -0.2) is 16.6 Å². The number of hydrogen-bond donors (Lipinski definition) is 0. The maximum atomic E-state index is 6.07. The van der Waals surface area contributed by atoms with Crippen LogP contribution in [0.4, 0.5) is 0 Å². The smallest absolute Gasteiger partial charge is 0.131 e. The van der Waals surface area contributed by atoms with Gasteiger partial charge in [0.25, 0.3) is 0 Å². The Morgan fingerprint density at radius 2 is 1.47 bits per heavy atom. The third-order valence-corrected chi connectivity index (χ3v) is 6.45. The fraction of sp³-hybridized carbons (Fsp3) is 0.630. The Balaban J connectivity index is 1.36. The van der Waals surface area contributed by atoms with Gasteiger partial charge < -0.3 is 4.74 Å². The highest BCUT2D eigenvalue weighted by Crippen LogP contribution is 2.34. The number of rotatable bonds is 12. The van der Waals surface area contributed by atoms with E-state index >= 15 is 0 Å². The van der Waals surface area contributed by atoms with Gasteiger partial charge in [-0.1, -0.05) is 58.1 Å². The molecule has 0 radical (unpaired) electrons. The van der Waals surface area contributed by atoms with Crippen LogP contribution in [0.25, 0.3) is 0 Å². The molecule has 0 atom stereocenters. The van der Waals surface area contributed by atoms with Crippen LogP contribution < -0.4 is 4.74 Å². The van der Waals surface area contributed by atoms with Crippen molar-refractivity contribution in [3.8, 4) is 5.75 Å². The van der Waals surface area contributed by atoms with Crippen molar-refractivity contribution in [1.29, 1.82) is 0 Å². The number of benzene rings is 1. The molecular weight excluding hydrogens is 368 g/mol. The SMILES string of the molecule is CCCCCCCc1cnc([C@H]2CC[C@H](COc3ccc(CCC)cc3)CC2)nc1. The molecule has 1 aliphatic rings. The lowest BCUT2D eigenvalue weighted by Crippen LogP contribution is -2.20. The number of ether oxygens (including phenoxy) is 1. The molecule has 0 amide bonds. The Morgan fingerprint density at radius 3 is 2.13 bits per heavy atom. The van der Waals surface area contributed by atoms with Gasteiger partial charge in [0.1, 0.15) is 11.6 Å². The lowest BCUT2D eigenvalue weighted by atomic mass is 9.82. The third kappa shape index (κ3) is 7.41. The molecule has 1 aliphatic carbocycles. The molecule has 1 aromatic heterocycles. The normalized spacial score (nSPS) is 19.0. The second-order valence-electron chi connectivity index (χ2n) is 9.04. The van der Waals surface area contributed by atoms with Crippen molar-refractivity contribution in [3.63, 3.8) is 0 Å². The van der Waals surface area contributed by atoms with Crippen LogP contribution in [0.1, 0.15) is 101 Å². The van der Waals surface area contributed by atoms with Crippen LogP contribution in [0, 0.1) is 5.92 Å². The first kappa shape index (κ1) is 22.8. The quantitative estimate of drug-likeness (QED) is 0.346. The highest BCUT2D eigenvalue weighted by molar-refractivity contribution is 5.27. The van der Waals surface area contributed by atoms with Gasteiger partial charge >= 0.3 is 0 Å². The fourth-order valence-electron chi connectivity index (χ4n) is 4.48. The summed E-state index contributed by atoms with van der Waals surface area (Å²) in [5.41, 5.74) is 2.69. The molecule has 164 valence electrons. The third-order valence-electron chi connectivity index (χ3n) is 6.45. The van der Waals surface area contributed by atoms with Crippen molar-refractivity contribution in [2.24, 2.45) is 5.92 Å². The molecule has 1 fully saturated rings. The van der Waals surface area contributed by atoms with Crippen molar-refractivity contribution in [2.45, 2.75) is 96.8 Å². The maximum absolute atomic E-state index is 6.07. The second kappa shape index (κ2) is 12.7. The zero-order valence-corrected chi connectivity index (χ0v) is 19.1. The highest BCUT2D eigenvalue weighted by Gasteiger charge is 2.24. The Morgan fingerprint density at radius 1 is 0.767 bits per heavy atom. The van der Waals surface area contributed by atoms with Gasteiger partial charge in [-0.25, -0.2) is 9.97 Å². The molecule has 0 spiro atoms. The minimum atomic E-state index is 0.521. The van der Waals surface area contributed by atoms with E-state index in [9.17, 15) is 0 Å². The lowest BCUT2D eigenvalue weighted by Gasteiger charge is -2.27. The summed E-state index contributed by atoms with van der Waals surface area (Å²) in [5.74, 6) is 3.23. The summed E-state index contributed by atoms with van der Waals surface area (Å²) < 4.78 is 6.07. The molecule has 0 aliphatic heterocycles. The molecular formula is C27H40N2O. The van der Waals surface area contributed by atoms with E-state index in [1.165, 1.54) is 75.3 Å². The number of aromatic nitrogens is 2. The highest BCUT2D eigenvalue weighted by atomic mass is 16.5. The van der Waals surface area contributed by atoms with E-state index in [2.05, 4.69) is 50.5 Å². The minimum Gasteiger partial charge on any atom is -0.493 e. The Hall–Kier alpha value is -1.90. The van der Waals surface area contributed by atoms with Gasteiger partial charge in [0.05, 0.1) is 6.61 Å². The van der Waals surface area contributed by atoms with Crippen LogP contribution >= 0.6 is 0 Å². The van der Waals surface area contributed by atoms with Crippen LogP contribution in [0.2, 0.25) is 0 Å². The molecule has 2 aromatic rings. The van der Waals surface area contributed by atoms with E-state index < -0.39 is 0 Å². The standard InChI is InChI=1S/C27H40N2O/c1-3-5-6-7-8-10-24-19-28-27(29-20-24)25-15-11-23(12-16-25)21-30-26-17-13-22(9-4-2)14-18-26/h13-14,17-20,23,25H,3-12,15-16,21H2,1-2H3/t23-,25-. The molecule has 3 heteroatoms. The van der Waals surface area contributed by atoms with Gasteiger partial charge in [-0.3, -0.25) is 0 Å². The van der Waals surface area contributed by atoms with Crippen LogP contribution in [-0.2, 0) is 12.8 Å². The van der Waals surface area contributed by atoms with Gasteiger partial charge in [0, 0.05) is 18.3 Å². The van der Waals surface area contributed by atoms with Crippen LogP contribution in [0.3, 0.4) is 0 Å². The molecule has 0 saturated heterocycles. The average molecular weight is 409 g/mol. The van der Waals surface area contributed by atoms with Crippen molar-refractivity contribution in [2.75, 3.05) is 6.61 Å². The van der Waals surface area contributed by atoms with Crippen molar-refractivity contribution in [3.05, 3.63) is 53.6 Å². The van der Waals surface area contributed by atoms with E-state index in [-0.39, 0.29) is 0 Å². The van der Waals surface area contributed by atoms with Crippen molar-refractivity contribution in [1.82, 2.24) is 9.97 Å². The predicted molar refractivity (Wildman–Crippen MR) is 125 cm³/mol. The summed E-state index contributed by atoms with van der Waals surface area (Å²) in [6.07, 6.45) is 19.0. The van der Waals surface area contributed by atoms with E-state index in [0.29, 0.717) is 11.8 Å². The van der Waals surface area contributed by atoms with Crippen LogP contribution in [0.15, 0.2) is 36.7 Å². The molecule has 1 aromatic carbocycles. The Labute approximate surface area is 183 Å². The molecule has 0 unspecified atom stereocenters. The lowest BCUT2D eigenvalue weighted by molar-refractivity contribution is 0.198. The largest absolute Gasteiger partial charge is 0.493 e. The summed E-state index contributed by atoms with van der Waals surface area (Å²) in [5, 5.41) is 0. The van der Waals surface area contributed by atoms with Crippen molar-refractivity contribution < 1.29 is 4.74 Å².